The summed E-state index contributed by atoms with van der Waals surface area (Å²) in [6, 6.07) is 20.5. The average Bonchev–Trinajstić information content (AvgIpc) is 2.92. The van der Waals surface area contributed by atoms with E-state index in [1.165, 1.54) is 7.11 Å². The van der Waals surface area contributed by atoms with Gasteiger partial charge in [-0.2, -0.15) is 0 Å². The van der Waals surface area contributed by atoms with Gasteiger partial charge in [-0.15, -0.1) is 0 Å². The summed E-state index contributed by atoms with van der Waals surface area (Å²) in [7, 11) is -1.45. The first-order chi connectivity index (χ1) is 14.1. The van der Waals surface area contributed by atoms with E-state index < -0.39 is 8.56 Å². The van der Waals surface area contributed by atoms with Gasteiger partial charge in [-0.3, -0.25) is 4.79 Å². The minimum absolute atomic E-state index is 0.0178. The van der Waals surface area contributed by atoms with Crippen LogP contribution < -0.4 is 10.4 Å². The fourth-order valence-corrected chi connectivity index (χ4v) is 8.25. The van der Waals surface area contributed by atoms with E-state index in [0.29, 0.717) is 6.61 Å². The number of methoxy groups -OCH3 is 1. The van der Waals surface area contributed by atoms with Gasteiger partial charge in [0.05, 0.1) is 13.0 Å². The molecule has 1 saturated heterocycles. The fourth-order valence-electron chi connectivity index (χ4n) is 4.87. The van der Waals surface area contributed by atoms with Gasteiger partial charge in [0.25, 0.3) is 0 Å². The van der Waals surface area contributed by atoms with Crippen LogP contribution in [0.15, 0.2) is 72.8 Å². The second-order valence-electron chi connectivity index (χ2n) is 8.02. The van der Waals surface area contributed by atoms with Crippen molar-refractivity contribution in [2.24, 2.45) is 23.7 Å². The zero-order valence-electron chi connectivity index (χ0n) is 17.2. The van der Waals surface area contributed by atoms with Crippen molar-refractivity contribution < 1.29 is 18.4 Å². The number of allylic oxidation sites excluding steroid dienone is 1. The molecule has 2 aromatic carbocycles. The Bertz CT molecular complexity index is 827. The Morgan fingerprint density at radius 3 is 2.10 bits per heavy atom. The lowest BCUT2D eigenvalue weighted by molar-refractivity contribution is -0.151. The van der Waals surface area contributed by atoms with Crippen LogP contribution in [0, 0.1) is 23.7 Å². The number of fused-ring (bicyclic) bond motifs is 1. The molecule has 0 N–H and O–H groups in total. The Morgan fingerprint density at radius 2 is 1.55 bits per heavy atom. The Morgan fingerprint density at radius 1 is 0.966 bits per heavy atom. The van der Waals surface area contributed by atoms with Gasteiger partial charge < -0.3 is 13.6 Å². The van der Waals surface area contributed by atoms with E-state index in [-0.39, 0.29) is 35.7 Å². The molecule has 0 radical (unpaired) electrons. The Labute approximate surface area is 173 Å². The zero-order valence-corrected chi connectivity index (χ0v) is 18.2. The second kappa shape index (κ2) is 8.26. The Kier molecular flexibility index (Phi) is 5.72. The zero-order chi connectivity index (χ0) is 20.4. The van der Waals surface area contributed by atoms with Gasteiger partial charge in [0, 0.05) is 24.5 Å². The maximum atomic E-state index is 12.7. The van der Waals surface area contributed by atoms with Crippen molar-refractivity contribution in [3.8, 4) is 0 Å². The topological polar surface area (TPSA) is 44.8 Å². The fraction of sp³-hybridized carbons (Fsp3) is 0.375. The monoisotopic (exact) mass is 408 g/mol. The molecule has 152 valence electrons. The standard InChI is InChI=1S/C24H28O4Si/c1-17-14-15-19-16-27-29(20-10-6-4-7-11-20,21-12-8-5-9-13-21)28-18(2)23(19)22(17)24(25)26-3/h4-15,17-19,22-23H,16H2,1-3H3/t17-,18+,19-,22+,23+/m1/s1. The van der Waals surface area contributed by atoms with Crippen molar-refractivity contribution in [3.05, 3.63) is 72.8 Å². The van der Waals surface area contributed by atoms with Gasteiger partial charge in [0.1, 0.15) is 0 Å². The number of benzene rings is 2. The second-order valence-corrected chi connectivity index (χ2v) is 10.9. The molecule has 1 aliphatic carbocycles. The van der Waals surface area contributed by atoms with Gasteiger partial charge in [0.2, 0.25) is 0 Å². The molecule has 1 heterocycles. The van der Waals surface area contributed by atoms with E-state index in [1.54, 1.807) is 0 Å². The van der Waals surface area contributed by atoms with Gasteiger partial charge in [-0.25, -0.2) is 0 Å². The maximum Gasteiger partial charge on any atom is 0.407 e. The van der Waals surface area contributed by atoms with Crippen molar-refractivity contribution in [3.63, 3.8) is 0 Å². The first-order valence-corrected chi connectivity index (χ1v) is 12.1. The Hall–Kier alpha value is -2.21. The van der Waals surface area contributed by atoms with Crippen molar-refractivity contribution in [2.75, 3.05) is 13.7 Å². The highest BCUT2D eigenvalue weighted by Gasteiger charge is 2.52. The third kappa shape index (κ3) is 3.59. The molecular weight excluding hydrogens is 380 g/mol. The summed E-state index contributed by atoms with van der Waals surface area (Å²) in [5, 5.41) is 2.17. The maximum absolute atomic E-state index is 12.7. The van der Waals surface area contributed by atoms with Crippen molar-refractivity contribution in [1.29, 1.82) is 0 Å². The van der Waals surface area contributed by atoms with Crippen LogP contribution in [0.1, 0.15) is 13.8 Å². The SMILES string of the molecule is COC(=O)[C@@H]1[C@@H]2[C@H](C=C[C@H]1C)CO[Si](c1ccccc1)(c1ccccc1)O[C@H]2C. The molecule has 29 heavy (non-hydrogen) atoms. The summed E-state index contributed by atoms with van der Waals surface area (Å²) < 4.78 is 18.8. The molecule has 4 nitrogen and oxygen atoms in total. The molecule has 1 fully saturated rings. The highest BCUT2D eigenvalue weighted by Crippen LogP contribution is 2.41. The average molecular weight is 409 g/mol. The van der Waals surface area contributed by atoms with Gasteiger partial charge >= 0.3 is 14.5 Å². The lowest BCUT2D eigenvalue weighted by Crippen LogP contribution is -2.64. The summed E-state index contributed by atoms with van der Waals surface area (Å²) >= 11 is 0. The number of hydrogen-bond acceptors (Lipinski definition) is 4. The summed E-state index contributed by atoms with van der Waals surface area (Å²) in [5.74, 6) is -0.153. The van der Waals surface area contributed by atoms with E-state index in [2.05, 4.69) is 50.3 Å². The highest BCUT2D eigenvalue weighted by molar-refractivity contribution is 6.92. The lowest BCUT2D eigenvalue weighted by Gasteiger charge is -2.39. The summed E-state index contributed by atoms with van der Waals surface area (Å²) in [6.07, 6.45) is 4.18. The molecule has 1 aliphatic heterocycles. The smallest absolute Gasteiger partial charge is 0.407 e. The molecular formula is C24H28O4Si. The number of esters is 1. The van der Waals surface area contributed by atoms with Crippen LogP contribution in [0.4, 0.5) is 0 Å². The molecule has 0 aromatic heterocycles. The molecule has 0 saturated carbocycles. The van der Waals surface area contributed by atoms with Crippen LogP contribution in [0.2, 0.25) is 0 Å². The predicted molar refractivity (Wildman–Crippen MR) is 115 cm³/mol. The molecule has 2 aromatic rings. The van der Waals surface area contributed by atoms with E-state index in [1.807, 2.05) is 36.4 Å². The van der Waals surface area contributed by atoms with Gasteiger partial charge in [0.15, 0.2) is 0 Å². The number of ether oxygens (including phenoxy) is 1. The van der Waals surface area contributed by atoms with Crippen molar-refractivity contribution in [1.82, 2.24) is 0 Å². The normalized spacial score (nSPS) is 30.8. The van der Waals surface area contributed by atoms with Gasteiger partial charge in [-0.1, -0.05) is 79.7 Å². The first-order valence-electron chi connectivity index (χ1n) is 10.3. The summed E-state index contributed by atoms with van der Waals surface area (Å²) in [6.45, 7) is 4.69. The minimum Gasteiger partial charge on any atom is -0.469 e. The molecule has 0 unspecified atom stereocenters. The quantitative estimate of drug-likeness (QED) is 0.445. The van der Waals surface area contributed by atoms with E-state index in [9.17, 15) is 4.79 Å². The molecule has 5 heteroatoms. The van der Waals surface area contributed by atoms with E-state index in [4.69, 9.17) is 13.6 Å². The molecule has 2 aliphatic rings. The number of carbonyl (C=O) groups is 1. The molecule has 0 spiro atoms. The third-order valence-corrected chi connectivity index (χ3v) is 9.76. The van der Waals surface area contributed by atoms with Gasteiger partial charge in [-0.05, 0) is 23.2 Å². The minimum atomic E-state index is -2.92. The lowest BCUT2D eigenvalue weighted by atomic mass is 9.69. The largest absolute Gasteiger partial charge is 0.469 e. The number of carbonyl (C=O) groups excluding carboxylic acids is 1. The highest BCUT2D eigenvalue weighted by atomic mass is 28.4. The first kappa shape index (κ1) is 20.1. The van der Waals surface area contributed by atoms with E-state index in [0.717, 1.165) is 10.4 Å². The van der Waals surface area contributed by atoms with Crippen LogP contribution in [-0.4, -0.2) is 34.4 Å². The summed E-state index contributed by atoms with van der Waals surface area (Å²) in [5.41, 5.74) is 0. The van der Waals surface area contributed by atoms with E-state index >= 15 is 0 Å². The van der Waals surface area contributed by atoms with Crippen LogP contribution >= 0.6 is 0 Å². The third-order valence-electron chi connectivity index (χ3n) is 6.29. The van der Waals surface area contributed by atoms with Crippen LogP contribution in [0.5, 0.6) is 0 Å². The predicted octanol–water partition coefficient (Wildman–Crippen LogP) is 2.91. The molecule has 0 bridgehead atoms. The van der Waals surface area contributed by atoms with Crippen LogP contribution in [0.3, 0.4) is 0 Å². The Balaban J connectivity index is 1.80. The van der Waals surface area contributed by atoms with Crippen molar-refractivity contribution in [2.45, 2.75) is 20.0 Å². The van der Waals surface area contributed by atoms with Crippen LogP contribution in [-0.2, 0) is 18.4 Å². The molecule has 5 atom stereocenters. The molecule has 4 rings (SSSR count). The number of rotatable bonds is 3. The molecule has 0 amide bonds. The van der Waals surface area contributed by atoms with Crippen LogP contribution in [0.25, 0.3) is 0 Å². The summed E-state index contributed by atoms with van der Waals surface area (Å²) in [4.78, 5) is 12.7. The number of hydrogen-bond donors (Lipinski definition) is 0. The van der Waals surface area contributed by atoms with Crippen molar-refractivity contribution >= 4 is 24.9 Å².